The fourth-order valence-corrected chi connectivity index (χ4v) is 2.05. The van der Waals surface area contributed by atoms with E-state index in [1.807, 2.05) is 11.8 Å². The average molecular weight is 224 g/mol. The van der Waals surface area contributed by atoms with E-state index in [2.05, 4.69) is 0 Å². The molecular weight excluding hydrogens is 207 g/mol. The Labute approximate surface area is 94.7 Å². The molecule has 0 amide bonds. The van der Waals surface area contributed by atoms with Crippen molar-refractivity contribution < 1.29 is 9.50 Å². The van der Waals surface area contributed by atoms with Gasteiger partial charge in [-0.25, -0.2) is 4.39 Å². The summed E-state index contributed by atoms with van der Waals surface area (Å²) in [5.74, 6) is -0.0326. The predicted molar refractivity (Wildman–Crippen MR) is 62.8 cm³/mol. The first-order chi connectivity index (χ1) is 7.58. The molecule has 0 aromatic heterocycles. The number of nitrogens with zero attached hydrogens (tertiary/aromatic N) is 1. The van der Waals surface area contributed by atoms with Crippen LogP contribution in [0.1, 0.15) is 13.3 Å². The zero-order valence-corrected chi connectivity index (χ0v) is 9.36. The molecule has 1 aromatic rings. The van der Waals surface area contributed by atoms with Crippen LogP contribution in [0.25, 0.3) is 0 Å². The van der Waals surface area contributed by atoms with Crippen molar-refractivity contribution in [3.05, 3.63) is 24.0 Å². The minimum atomic E-state index is -0.384. The van der Waals surface area contributed by atoms with Crippen LogP contribution in [0.2, 0.25) is 0 Å². The molecule has 3 nitrogen and oxygen atoms in total. The van der Waals surface area contributed by atoms with Gasteiger partial charge in [0.25, 0.3) is 0 Å². The van der Waals surface area contributed by atoms with Gasteiger partial charge < -0.3 is 15.7 Å². The maximum absolute atomic E-state index is 13.7. The van der Waals surface area contributed by atoms with Crippen molar-refractivity contribution >= 4 is 11.4 Å². The summed E-state index contributed by atoms with van der Waals surface area (Å²) in [6.07, 6.45) is 0.496. The van der Waals surface area contributed by atoms with Crippen LogP contribution in [0.4, 0.5) is 15.8 Å². The Kier molecular flexibility index (Phi) is 3.01. The maximum Gasteiger partial charge on any atom is 0.148 e. The van der Waals surface area contributed by atoms with Gasteiger partial charge in [-0.3, -0.25) is 0 Å². The second kappa shape index (κ2) is 4.29. The van der Waals surface area contributed by atoms with Crippen molar-refractivity contribution in [3.8, 4) is 0 Å². The van der Waals surface area contributed by atoms with E-state index < -0.39 is 0 Å². The Morgan fingerprint density at radius 3 is 2.88 bits per heavy atom. The number of anilines is 2. The number of β-amino-alcohol motifs (C(OH)–C–C–N with tert-alkyl or cyclic N) is 1. The number of benzene rings is 1. The molecule has 1 aliphatic rings. The lowest BCUT2D eigenvalue weighted by Gasteiger charge is -2.36. The number of piperidine rings is 1. The third-order valence-electron chi connectivity index (χ3n) is 3.23. The highest BCUT2D eigenvalue weighted by atomic mass is 19.1. The van der Waals surface area contributed by atoms with Crippen molar-refractivity contribution in [1.29, 1.82) is 0 Å². The number of aliphatic hydroxyl groups excluding tert-OH is 1. The van der Waals surface area contributed by atoms with Gasteiger partial charge >= 0.3 is 0 Å². The second-order valence-electron chi connectivity index (χ2n) is 4.49. The molecule has 1 aliphatic heterocycles. The van der Waals surface area contributed by atoms with E-state index >= 15 is 0 Å². The van der Waals surface area contributed by atoms with Gasteiger partial charge in [0.2, 0.25) is 0 Å². The molecule has 1 aromatic carbocycles. The molecule has 2 atom stereocenters. The monoisotopic (exact) mass is 224 g/mol. The van der Waals surface area contributed by atoms with Gasteiger partial charge in [-0.1, -0.05) is 6.92 Å². The van der Waals surface area contributed by atoms with Gasteiger partial charge in [-0.2, -0.15) is 0 Å². The Hall–Kier alpha value is -1.29. The molecule has 4 heteroatoms. The van der Waals surface area contributed by atoms with E-state index in [0.717, 1.165) is 13.0 Å². The summed E-state index contributed by atoms with van der Waals surface area (Å²) in [7, 11) is 0. The molecule has 1 fully saturated rings. The molecular formula is C12H17FN2O. The van der Waals surface area contributed by atoms with E-state index in [9.17, 15) is 9.50 Å². The van der Waals surface area contributed by atoms with E-state index in [4.69, 9.17) is 5.73 Å². The molecule has 1 heterocycles. The van der Waals surface area contributed by atoms with Gasteiger partial charge in [0.1, 0.15) is 5.82 Å². The molecule has 0 radical (unpaired) electrons. The van der Waals surface area contributed by atoms with Crippen LogP contribution in [0.5, 0.6) is 0 Å². The second-order valence-corrected chi connectivity index (χ2v) is 4.49. The zero-order chi connectivity index (χ0) is 11.7. The summed E-state index contributed by atoms with van der Waals surface area (Å²) in [5, 5.41) is 9.77. The fourth-order valence-electron chi connectivity index (χ4n) is 2.05. The first-order valence-corrected chi connectivity index (χ1v) is 5.56. The summed E-state index contributed by atoms with van der Waals surface area (Å²) in [4.78, 5) is 1.87. The first kappa shape index (κ1) is 11.2. The fraction of sp³-hybridized carbons (Fsp3) is 0.500. The first-order valence-electron chi connectivity index (χ1n) is 5.56. The number of rotatable bonds is 1. The minimum Gasteiger partial charge on any atom is -0.399 e. The Bertz CT molecular complexity index is 383. The number of hydrogen-bond acceptors (Lipinski definition) is 3. The molecule has 0 saturated carbocycles. The van der Waals surface area contributed by atoms with Crippen LogP contribution in [0, 0.1) is 11.7 Å². The number of halogens is 1. The van der Waals surface area contributed by atoms with Crippen LogP contribution in [0.15, 0.2) is 18.2 Å². The third kappa shape index (κ3) is 2.11. The topological polar surface area (TPSA) is 49.5 Å². The number of hydrogen-bond donors (Lipinski definition) is 2. The summed E-state index contributed by atoms with van der Waals surface area (Å²) < 4.78 is 13.7. The van der Waals surface area contributed by atoms with E-state index in [-0.39, 0.29) is 17.8 Å². The number of nitrogens with two attached hydrogens (primary N) is 1. The molecule has 16 heavy (non-hydrogen) atoms. The summed E-state index contributed by atoms with van der Waals surface area (Å²) in [6, 6.07) is 4.68. The van der Waals surface area contributed by atoms with Crippen LogP contribution >= 0.6 is 0 Å². The van der Waals surface area contributed by atoms with Crippen molar-refractivity contribution in [2.24, 2.45) is 5.92 Å². The zero-order valence-electron chi connectivity index (χ0n) is 9.36. The van der Waals surface area contributed by atoms with Crippen molar-refractivity contribution in [3.63, 3.8) is 0 Å². The lowest BCUT2D eigenvalue weighted by atomic mass is 9.95. The minimum absolute atomic E-state index is 0.285. The smallest absolute Gasteiger partial charge is 0.148 e. The van der Waals surface area contributed by atoms with Crippen molar-refractivity contribution in [1.82, 2.24) is 0 Å². The van der Waals surface area contributed by atoms with Crippen LogP contribution in [0.3, 0.4) is 0 Å². The molecule has 0 bridgehead atoms. The summed E-state index contributed by atoms with van der Waals surface area (Å²) >= 11 is 0. The number of aliphatic hydroxyl groups is 1. The summed E-state index contributed by atoms with van der Waals surface area (Å²) in [5.41, 5.74) is 6.45. The highest BCUT2D eigenvalue weighted by Crippen LogP contribution is 2.26. The Morgan fingerprint density at radius 2 is 2.25 bits per heavy atom. The van der Waals surface area contributed by atoms with Gasteiger partial charge in [0, 0.05) is 18.8 Å². The normalized spacial score (nSPS) is 25.8. The van der Waals surface area contributed by atoms with Gasteiger partial charge in [-0.15, -0.1) is 0 Å². The molecule has 2 rings (SSSR count). The predicted octanol–water partition coefficient (Wildman–Crippen LogP) is 1.61. The van der Waals surface area contributed by atoms with E-state index in [0.29, 0.717) is 17.9 Å². The lowest BCUT2D eigenvalue weighted by Crippen LogP contribution is -2.43. The maximum atomic E-state index is 13.7. The van der Waals surface area contributed by atoms with Crippen LogP contribution in [-0.4, -0.2) is 24.3 Å². The quantitative estimate of drug-likeness (QED) is 0.713. The molecule has 1 saturated heterocycles. The molecule has 0 aliphatic carbocycles. The molecule has 0 spiro atoms. The third-order valence-corrected chi connectivity index (χ3v) is 3.23. The Balaban J connectivity index is 2.18. The molecule has 2 unspecified atom stereocenters. The van der Waals surface area contributed by atoms with E-state index in [1.165, 1.54) is 6.07 Å². The summed E-state index contributed by atoms with van der Waals surface area (Å²) in [6.45, 7) is 3.28. The largest absolute Gasteiger partial charge is 0.399 e. The lowest BCUT2D eigenvalue weighted by molar-refractivity contribution is 0.102. The van der Waals surface area contributed by atoms with Gasteiger partial charge in [0.05, 0.1) is 11.8 Å². The van der Waals surface area contributed by atoms with Crippen molar-refractivity contribution in [2.75, 3.05) is 23.7 Å². The molecule has 3 N–H and O–H groups in total. The highest BCUT2D eigenvalue weighted by Gasteiger charge is 2.25. The van der Waals surface area contributed by atoms with Gasteiger partial charge in [-0.05, 0) is 30.5 Å². The SMILES string of the molecule is CC1CCN(c2ccc(N)cc2F)CC1O. The van der Waals surface area contributed by atoms with Crippen LogP contribution in [-0.2, 0) is 0 Å². The molecule has 88 valence electrons. The standard InChI is InChI=1S/C12H17FN2O/c1-8-4-5-15(7-12(8)16)11-3-2-9(14)6-10(11)13/h2-3,6,8,12,16H,4-5,7,14H2,1H3. The van der Waals surface area contributed by atoms with Crippen LogP contribution < -0.4 is 10.6 Å². The van der Waals surface area contributed by atoms with Gasteiger partial charge in [0.15, 0.2) is 0 Å². The average Bonchev–Trinajstić information content (AvgIpc) is 2.22. The highest BCUT2D eigenvalue weighted by molar-refractivity contribution is 5.54. The van der Waals surface area contributed by atoms with E-state index in [1.54, 1.807) is 12.1 Å². The van der Waals surface area contributed by atoms with Crippen molar-refractivity contribution in [2.45, 2.75) is 19.4 Å². The number of nitrogen functional groups attached to an aromatic ring is 1. The Morgan fingerprint density at radius 1 is 1.50 bits per heavy atom.